The van der Waals surface area contributed by atoms with Gasteiger partial charge in [0.05, 0.1) is 26.2 Å². The Labute approximate surface area is 208 Å². The highest BCUT2D eigenvalue weighted by atomic mass is 32.2. The molecule has 0 radical (unpaired) electrons. The maximum absolute atomic E-state index is 13.7. The van der Waals surface area contributed by atoms with Crippen LogP contribution in [-0.2, 0) is 9.59 Å². The molecular formula is C27H26N2O5S. The summed E-state index contributed by atoms with van der Waals surface area (Å²) in [6.45, 7) is 1.45. The summed E-state index contributed by atoms with van der Waals surface area (Å²) in [7, 11) is 4.67. The van der Waals surface area contributed by atoms with Gasteiger partial charge in [0.15, 0.2) is 11.5 Å². The summed E-state index contributed by atoms with van der Waals surface area (Å²) in [5, 5.41) is 2.38. The first-order valence-corrected chi connectivity index (χ1v) is 11.8. The predicted molar refractivity (Wildman–Crippen MR) is 139 cm³/mol. The number of hydrogen-bond acceptors (Lipinski definition) is 6. The first-order valence-electron chi connectivity index (χ1n) is 10.9. The number of carbonyl (C=O) groups is 2. The summed E-state index contributed by atoms with van der Waals surface area (Å²) in [6, 6.07) is 20.6. The number of amides is 2. The molecule has 35 heavy (non-hydrogen) atoms. The largest absolute Gasteiger partial charge is 0.493 e. The quantitative estimate of drug-likeness (QED) is 0.441. The molecule has 180 valence electrons. The lowest BCUT2D eigenvalue weighted by Crippen LogP contribution is -2.27. The third-order valence-electron chi connectivity index (χ3n) is 5.42. The predicted octanol–water partition coefficient (Wildman–Crippen LogP) is 5.49. The van der Waals surface area contributed by atoms with Gasteiger partial charge in [0.25, 0.3) is 5.91 Å². The SMILES string of the molecule is COc1cc(C2S/C(=C/c3ccccc3)C(=O)N2c2cccc(NC(C)=O)c2)cc(OC)c1OC. The fourth-order valence-corrected chi connectivity index (χ4v) is 5.13. The Morgan fingerprint density at radius 2 is 1.63 bits per heavy atom. The molecule has 0 bridgehead atoms. The van der Waals surface area contributed by atoms with Crippen LogP contribution in [0.1, 0.15) is 23.4 Å². The van der Waals surface area contributed by atoms with Crippen LogP contribution in [0.2, 0.25) is 0 Å². The molecule has 1 heterocycles. The van der Waals surface area contributed by atoms with Crippen molar-refractivity contribution in [2.45, 2.75) is 12.3 Å². The van der Waals surface area contributed by atoms with Gasteiger partial charge in [0.2, 0.25) is 11.7 Å². The van der Waals surface area contributed by atoms with Crippen LogP contribution in [0.5, 0.6) is 17.2 Å². The molecule has 1 atom stereocenters. The van der Waals surface area contributed by atoms with Crippen molar-refractivity contribution >= 4 is 41.0 Å². The standard InChI is InChI=1S/C27H26N2O5S/c1-17(30)28-20-11-8-12-21(16-20)29-26(31)24(13-18-9-6-5-7-10-18)35-27(29)19-14-22(32-2)25(34-4)23(15-19)33-3/h5-16,27H,1-4H3,(H,28,30)/b24-13+. The first kappa shape index (κ1) is 24.2. The lowest BCUT2D eigenvalue weighted by atomic mass is 10.1. The normalized spacial score (nSPS) is 16.3. The molecule has 1 unspecified atom stereocenters. The van der Waals surface area contributed by atoms with E-state index in [4.69, 9.17) is 14.2 Å². The van der Waals surface area contributed by atoms with Crippen LogP contribution in [-0.4, -0.2) is 33.1 Å². The molecule has 2 amide bonds. The second-order valence-corrected chi connectivity index (χ2v) is 8.88. The van der Waals surface area contributed by atoms with Crippen molar-refractivity contribution in [3.05, 3.63) is 82.8 Å². The van der Waals surface area contributed by atoms with Gasteiger partial charge in [-0.05, 0) is 47.5 Å². The minimum Gasteiger partial charge on any atom is -0.493 e. The van der Waals surface area contributed by atoms with Crippen LogP contribution in [0.3, 0.4) is 0 Å². The van der Waals surface area contributed by atoms with E-state index < -0.39 is 5.37 Å². The number of carbonyl (C=O) groups excluding carboxylic acids is 2. The van der Waals surface area contributed by atoms with Crippen LogP contribution in [0.25, 0.3) is 6.08 Å². The van der Waals surface area contributed by atoms with E-state index in [-0.39, 0.29) is 11.8 Å². The molecule has 0 aromatic heterocycles. The number of benzene rings is 3. The zero-order valence-electron chi connectivity index (χ0n) is 19.9. The van der Waals surface area contributed by atoms with Gasteiger partial charge >= 0.3 is 0 Å². The highest BCUT2D eigenvalue weighted by molar-refractivity contribution is 8.05. The van der Waals surface area contributed by atoms with Gasteiger partial charge in [-0.1, -0.05) is 48.2 Å². The summed E-state index contributed by atoms with van der Waals surface area (Å²) in [5.74, 6) is 1.16. The highest BCUT2D eigenvalue weighted by Crippen LogP contribution is 2.51. The smallest absolute Gasteiger partial charge is 0.266 e. The Bertz CT molecular complexity index is 1250. The molecule has 3 aromatic carbocycles. The number of rotatable bonds is 7. The maximum Gasteiger partial charge on any atom is 0.266 e. The first-order chi connectivity index (χ1) is 16.9. The van der Waals surface area contributed by atoms with Crippen LogP contribution >= 0.6 is 11.8 Å². The monoisotopic (exact) mass is 490 g/mol. The molecular weight excluding hydrogens is 464 g/mol. The molecule has 0 aliphatic carbocycles. The molecule has 0 saturated carbocycles. The summed E-state index contributed by atoms with van der Waals surface area (Å²) in [5.41, 5.74) is 3.00. The van der Waals surface area contributed by atoms with E-state index in [1.165, 1.54) is 18.7 Å². The number of nitrogens with one attached hydrogen (secondary N) is 1. The van der Waals surface area contributed by atoms with Crippen molar-refractivity contribution in [2.75, 3.05) is 31.5 Å². The van der Waals surface area contributed by atoms with Crippen molar-refractivity contribution in [3.8, 4) is 17.2 Å². The number of nitrogens with zero attached hydrogens (tertiary/aromatic N) is 1. The Kier molecular flexibility index (Phi) is 7.31. The van der Waals surface area contributed by atoms with Gasteiger partial charge in [0.1, 0.15) is 5.37 Å². The van der Waals surface area contributed by atoms with E-state index in [1.807, 2.05) is 60.7 Å². The average molecular weight is 491 g/mol. The fraction of sp³-hybridized carbons (Fsp3) is 0.185. The van der Waals surface area contributed by atoms with Crippen molar-refractivity contribution < 1.29 is 23.8 Å². The lowest BCUT2D eigenvalue weighted by molar-refractivity contribution is -0.115. The Morgan fingerprint density at radius 3 is 2.23 bits per heavy atom. The van der Waals surface area contributed by atoms with Gasteiger partial charge in [0, 0.05) is 18.3 Å². The van der Waals surface area contributed by atoms with Gasteiger partial charge in [-0.25, -0.2) is 0 Å². The number of methoxy groups -OCH3 is 3. The Hall–Kier alpha value is -3.91. The van der Waals surface area contributed by atoms with Crippen molar-refractivity contribution in [1.29, 1.82) is 0 Å². The molecule has 1 aliphatic rings. The molecule has 4 rings (SSSR count). The lowest BCUT2D eigenvalue weighted by Gasteiger charge is -2.25. The third-order valence-corrected chi connectivity index (χ3v) is 6.67. The van der Waals surface area contributed by atoms with E-state index in [0.717, 1.165) is 11.1 Å². The van der Waals surface area contributed by atoms with Gasteiger partial charge in [-0.3, -0.25) is 14.5 Å². The second kappa shape index (κ2) is 10.6. The third kappa shape index (κ3) is 5.12. The molecule has 0 spiro atoms. The number of ether oxygens (including phenoxy) is 3. The summed E-state index contributed by atoms with van der Waals surface area (Å²) < 4.78 is 16.6. The molecule has 1 N–H and O–H groups in total. The van der Waals surface area contributed by atoms with Gasteiger partial charge in [-0.15, -0.1) is 0 Å². The van der Waals surface area contributed by atoms with Crippen molar-refractivity contribution in [3.63, 3.8) is 0 Å². The molecule has 1 fully saturated rings. The van der Waals surface area contributed by atoms with Crippen LogP contribution < -0.4 is 24.4 Å². The van der Waals surface area contributed by atoms with E-state index in [0.29, 0.717) is 33.5 Å². The van der Waals surface area contributed by atoms with Gasteiger partial charge in [-0.2, -0.15) is 0 Å². The molecule has 3 aromatic rings. The van der Waals surface area contributed by atoms with Crippen LogP contribution in [0.4, 0.5) is 11.4 Å². The topological polar surface area (TPSA) is 77.1 Å². The highest BCUT2D eigenvalue weighted by Gasteiger charge is 2.39. The van der Waals surface area contributed by atoms with E-state index in [1.54, 1.807) is 38.4 Å². The molecule has 8 heteroatoms. The Morgan fingerprint density at radius 1 is 0.943 bits per heavy atom. The minimum atomic E-state index is -0.404. The fourth-order valence-electron chi connectivity index (χ4n) is 3.90. The zero-order valence-corrected chi connectivity index (χ0v) is 20.7. The minimum absolute atomic E-state index is 0.141. The molecule has 7 nitrogen and oxygen atoms in total. The second-order valence-electron chi connectivity index (χ2n) is 7.75. The van der Waals surface area contributed by atoms with Crippen LogP contribution in [0.15, 0.2) is 71.6 Å². The molecule has 1 saturated heterocycles. The Balaban J connectivity index is 1.84. The van der Waals surface area contributed by atoms with E-state index in [9.17, 15) is 9.59 Å². The van der Waals surface area contributed by atoms with Crippen LogP contribution in [0, 0.1) is 0 Å². The zero-order chi connectivity index (χ0) is 24.9. The molecule has 1 aliphatic heterocycles. The van der Waals surface area contributed by atoms with E-state index >= 15 is 0 Å². The van der Waals surface area contributed by atoms with E-state index in [2.05, 4.69) is 5.32 Å². The number of anilines is 2. The number of thioether (sulfide) groups is 1. The van der Waals surface area contributed by atoms with Crippen molar-refractivity contribution in [2.24, 2.45) is 0 Å². The summed E-state index contributed by atoms with van der Waals surface area (Å²) in [4.78, 5) is 27.6. The number of hydrogen-bond donors (Lipinski definition) is 1. The maximum atomic E-state index is 13.7. The summed E-state index contributed by atoms with van der Waals surface area (Å²) in [6.07, 6.45) is 1.88. The van der Waals surface area contributed by atoms with Crippen molar-refractivity contribution in [1.82, 2.24) is 0 Å². The average Bonchev–Trinajstić information content (AvgIpc) is 3.19. The van der Waals surface area contributed by atoms with Gasteiger partial charge < -0.3 is 19.5 Å². The summed E-state index contributed by atoms with van der Waals surface area (Å²) >= 11 is 1.44.